The number of para-hydroxylation sites is 1. The molecule has 0 saturated carbocycles. The number of aliphatic hydroxyl groups is 2. The molecular weight excluding hydrogens is 523 g/mol. The number of fused-ring (bicyclic) bond motifs is 1. The molecule has 0 aliphatic heterocycles. The molecular formula is C24H28BaFNO4. The van der Waals surface area contributed by atoms with Crippen molar-refractivity contribution in [3.8, 4) is 11.1 Å². The van der Waals surface area contributed by atoms with Gasteiger partial charge in [-0.2, -0.15) is 0 Å². The standard InChI is InChI=1S/C24H26FNO4.Ba.2H/c1-15(2)26-21-6-4-3-5-20(21)24(16-7-9-17(25)10-8-16)22(26)12-11-18(27)13-19(28)14-23(29)30;;;/h3-12,15,18-19,27-28H,13-14H2,1-2H3,(H,29,30);;;/t18-,19-;;;/m0.../s1. The van der Waals surface area contributed by atoms with Gasteiger partial charge in [0.05, 0.1) is 18.6 Å². The molecule has 5 nitrogen and oxygen atoms in total. The zero-order valence-corrected chi connectivity index (χ0v) is 17.0. The number of benzene rings is 2. The van der Waals surface area contributed by atoms with Gasteiger partial charge in [0, 0.05) is 34.6 Å². The van der Waals surface area contributed by atoms with Crippen LogP contribution < -0.4 is 0 Å². The van der Waals surface area contributed by atoms with Crippen LogP contribution in [0.1, 0.15) is 38.4 Å². The predicted octanol–water partition coefficient (Wildman–Crippen LogP) is 3.71. The molecule has 2 atom stereocenters. The van der Waals surface area contributed by atoms with E-state index in [1.165, 1.54) is 12.1 Å². The second-order valence-corrected chi connectivity index (χ2v) is 7.66. The summed E-state index contributed by atoms with van der Waals surface area (Å²) in [5.41, 5.74) is 3.65. The molecule has 0 radical (unpaired) electrons. The summed E-state index contributed by atoms with van der Waals surface area (Å²) in [5, 5.41) is 29.9. The predicted molar refractivity (Wildman–Crippen MR) is 124 cm³/mol. The van der Waals surface area contributed by atoms with Crippen LogP contribution in [-0.4, -0.2) is 86.9 Å². The number of nitrogens with zero attached hydrogens (tertiary/aromatic N) is 1. The average molecular weight is 551 g/mol. The van der Waals surface area contributed by atoms with E-state index in [0.29, 0.717) is 0 Å². The Balaban J connectivity index is 0.00000341. The van der Waals surface area contributed by atoms with E-state index in [1.807, 2.05) is 24.3 Å². The van der Waals surface area contributed by atoms with Gasteiger partial charge in [-0.15, -0.1) is 0 Å². The van der Waals surface area contributed by atoms with Gasteiger partial charge < -0.3 is 19.9 Å². The van der Waals surface area contributed by atoms with Crippen LogP contribution in [-0.2, 0) is 4.79 Å². The van der Waals surface area contributed by atoms with E-state index in [4.69, 9.17) is 5.11 Å². The Morgan fingerprint density at radius 3 is 2.35 bits per heavy atom. The van der Waals surface area contributed by atoms with E-state index >= 15 is 0 Å². The fourth-order valence-corrected chi connectivity index (χ4v) is 3.77. The Labute approximate surface area is 221 Å². The zero-order chi connectivity index (χ0) is 21.8. The summed E-state index contributed by atoms with van der Waals surface area (Å²) in [6.45, 7) is 4.12. The Kier molecular flexibility index (Phi) is 9.57. The molecule has 0 aliphatic rings. The molecule has 1 heterocycles. The molecule has 0 unspecified atom stereocenters. The molecule has 0 saturated heterocycles. The van der Waals surface area contributed by atoms with E-state index in [0.717, 1.165) is 27.7 Å². The first-order valence-electron chi connectivity index (χ1n) is 9.93. The summed E-state index contributed by atoms with van der Waals surface area (Å²) in [4.78, 5) is 10.7. The van der Waals surface area contributed by atoms with Crippen molar-refractivity contribution in [2.24, 2.45) is 0 Å². The molecule has 0 bridgehead atoms. The summed E-state index contributed by atoms with van der Waals surface area (Å²) in [6, 6.07) is 14.4. The molecule has 7 heteroatoms. The molecule has 0 fully saturated rings. The van der Waals surface area contributed by atoms with Crippen LogP contribution >= 0.6 is 0 Å². The molecule has 0 spiro atoms. The number of carboxylic acid groups (broad SMARTS) is 1. The second-order valence-electron chi connectivity index (χ2n) is 7.66. The van der Waals surface area contributed by atoms with Crippen molar-refractivity contribution in [2.45, 2.75) is 44.9 Å². The van der Waals surface area contributed by atoms with Gasteiger partial charge >= 0.3 is 54.9 Å². The van der Waals surface area contributed by atoms with Crippen molar-refractivity contribution < 1.29 is 24.5 Å². The van der Waals surface area contributed by atoms with Gasteiger partial charge in [0.25, 0.3) is 0 Å². The summed E-state index contributed by atoms with van der Waals surface area (Å²) in [7, 11) is 0. The maximum absolute atomic E-state index is 13.5. The number of aliphatic hydroxyl groups excluding tert-OH is 2. The van der Waals surface area contributed by atoms with E-state index in [1.54, 1.807) is 24.3 Å². The quantitative estimate of drug-likeness (QED) is 0.374. The first-order valence-corrected chi connectivity index (χ1v) is 9.93. The molecule has 0 amide bonds. The van der Waals surface area contributed by atoms with Crippen molar-refractivity contribution in [2.75, 3.05) is 0 Å². The molecule has 3 N–H and O–H groups in total. The molecule has 162 valence electrons. The van der Waals surface area contributed by atoms with Crippen LogP contribution in [0.4, 0.5) is 4.39 Å². The van der Waals surface area contributed by atoms with Gasteiger partial charge in [-0.3, -0.25) is 4.79 Å². The molecule has 1 aromatic heterocycles. The Morgan fingerprint density at radius 2 is 1.74 bits per heavy atom. The third kappa shape index (κ3) is 6.32. The van der Waals surface area contributed by atoms with Crippen molar-refractivity contribution in [1.29, 1.82) is 0 Å². The summed E-state index contributed by atoms with van der Waals surface area (Å²) >= 11 is 0. The van der Waals surface area contributed by atoms with E-state index in [2.05, 4.69) is 18.4 Å². The fraction of sp³-hybridized carbons (Fsp3) is 0.292. The topological polar surface area (TPSA) is 82.7 Å². The molecule has 0 aliphatic carbocycles. The van der Waals surface area contributed by atoms with Gasteiger partial charge in [-0.1, -0.05) is 36.4 Å². The van der Waals surface area contributed by atoms with Crippen molar-refractivity contribution in [3.05, 3.63) is 66.1 Å². The Bertz CT molecular complexity index is 1060. The molecule has 3 aromatic rings. The second kappa shape index (κ2) is 11.5. The number of aliphatic carboxylic acids is 1. The van der Waals surface area contributed by atoms with E-state index < -0.39 is 24.6 Å². The Morgan fingerprint density at radius 1 is 1.10 bits per heavy atom. The number of hydrogen-bond acceptors (Lipinski definition) is 3. The van der Waals surface area contributed by atoms with E-state index in [-0.39, 0.29) is 67.2 Å². The van der Waals surface area contributed by atoms with Crippen LogP contribution in [0.5, 0.6) is 0 Å². The number of carboxylic acids is 1. The fourth-order valence-electron chi connectivity index (χ4n) is 3.77. The van der Waals surface area contributed by atoms with Crippen LogP contribution in [0.2, 0.25) is 0 Å². The van der Waals surface area contributed by atoms with Crippen LogP contribution in [0.15, 0.2) is 54.6 Å². The van der Waals surface area contributed by atoms with Gasteiger partial charge in [-0.25, -0.2) is 4.39 Å². The minimum atomic E-state index is -1.13. The van der Waals surface area contributed by atoms with E-state index in [9.17, 15) is 19.4 Å². The van der Waals surface area contributed by atoms with Crippen molar-refractivity contribution in [1.82, 2.24) is 4.57 Å². The maximum atomic E-state index is 13.5. The number of hydrogen-bond donors (Lipinski definition) is 3. The number of rotatable bonds is 8. The third-order valence-corrected chi connectivity index (χ3v) is 5.00. The SMILES string of the molecule is CC(C)n1c(C=C[C@H](O)C[C@H](O)CC(=O)O)c(-c2ccc(F)cc2)c2ccccc21.[BaH2]. The van der Waals surface area contributed by atoms with Crippen LogP contribution in [0, 0.1) is 5.82 Å². The van der Waals surface area contributed by atoms with Crippen LogP contribution in [0.25, 0.3) is 28.1 Å². The van der Waals surface area contributed by atoms with Gasteiger partial charge in [0.2, 0.25) is 0 Å². The number of halogens is 1. The van der Waals surface area contributed by atoms with Gasteiger partial charge in [-0.05, 0) is 43.7 Å². The van der Waals surface area contributed by atoms with Crippen LogP contribution in [0.3, 0.4) is 0 Å². The summed E-state index contributed by atoms with van der Waals surface area (Å²) in [5.74, 6) is -1.43. The first kappa shape index (κ1) is 25.9. The molecule has 2 aromatic carbocycles. The third-order valence-electron chi connectivity index (χ3n) is 5.00. The zero-order valence-electron chi connectivity index (χ0n) is 17.0. The number of carbonyl (C=O) groups is 1. The summed E-state index contributed by atoms with van der Waals surface area (Å²) < 4.78 is 15.6. The molecule has 31 heavy (non-hydrogen) atoms. The summed E-state index contributed by atoms with van der Waals surface area (Å²) in [6.07, 6.45) is 0.727. The van der Waals surface area contributed by atoms with Gasteiger partial charge in [0.15, 0.2) is 0 Å². The molecule has 3 rings (SSSR count). The van der Waals surface area contributed by atoms with Gasteiger partial charge in [0.1, 0.15) is 5.82 Å². The number of aromatic nitrogens is 1. The monoisotopic (exact) mass is 551 g/mol. The average Bonchev–Trinajstić information content (AvgIpc) is 3.00. The minimum absolute atomic E-state index is 0. The first-order chi connectivity index (χ1) is 14.3. The Hall–Kier alpha value is -1.39. The van der Waals surface area contributed by atoms with Crippen molar-refractivity contribution in [3.63, 3.8) is 0 Å². The van der Waals surface area contributed by atoms with Crippen molar-refractivity contribution >= 4 is 71.8 Å². The normalized spacial score (nSPS) is 13.5.